The third kappa shape index (κ3) is 3.50. The molecule has 0 unspecified atom stereocenters. The van der Waals surface area contributed by atoms with Crippen molar-refractivity contribution in [2.24, 2.45) is 0 Å². The third-order valence-corrected chi connectivity index (χ3v) is 4.07. The van der Waals surface area contributed by atoms with Crippen LogP contribution in [-0.4, -0.2) is 32.8 Å². The molecule has 2 rings (SSSR count). The lowest BCUT2D eigenvalue weighted by Crippen LogP contribution is -2.24. The van der Waals surface area contributed by atoms with Crippen LogP contribution in [0.5, 0.6) is 11.5 Å². The minimum absolute atomic E-state index is 0.0272. The predicted octanol–water partition coefficient (Wildman–Crippen LogP) is 0.874. The zero-order valence-electron chi connectivity index (χ0n) is 11.8. The van der Waals surface area contributed by atoms with Gasteiger partial charge in [0.15, 0.2) is 5.82 Å². The maximum Gasteiger partial charge on any atom is 0.244 e. The number of rotatable bonds is 6. The molecule has 2 aromatic rings. The van der Waals surface area contributed by atoms with Gasteiger partial charge in [0, 0.05) is 6.07 Å². The first kappa shape index (κ1) is 15.3. The Balaban J connectivity index is 2.26. The van der Waals surface area contributed by atoms with E-state index < -0.39 is 10.0 Å². The maximum atomic E-state index is 12.3. The van der Waals surface area contributed by atoms with Crippen LogP contribution in [0.15, 0.2) is 27.6 Å². The SMILES string of the molecule is COc1ccc(OC)c(S(=O)(=O)NCc2nc(C)no2)c1. The second-order valence-corrected chi connectivity index (χ2v) is 5.81. The van der Waals surface area contributed by atoms with Crippen molar-refractivity contribution in [3.63, 3.8) is 0 Å². The molecule has 0 saturated carbocycles. The Labute approximate surface area is 122 Å². The van der Waals surface area contributed by atoms with Gasteiger partial charge in [0.2, 0.25) is 15.9 Å². The quantitative estimate of drug-likeness (QED) is 0.844. The topological polar surface area (TPSA) is 104 Å². The number of nitrogens with one attached hydrogen (secondary N) is 1. The number of hydrogen-bond acceptors (Lipinski definition) is 7. The molecular weight excluding hydrogens is 298 g/mol. The number of methoxy groups -OCH3 is 2. The monoisotopic (exact) mass is 313 g/mol. The zero-order chi connectivity index (χ0) is 15.5. The van der Waals surface area contributed by atoms with Gasteiger partial charge in [-0.3, -0.25) is 0 Å². The van der Waals surface area contributed by atoms with E-state index in [0.29, 0.717) is 11.6 Å². The fourth-order valence-corrected chi connectivity index (χ4v) is 2.80. The minimum atomic E-state index is -3.81. The molecule has 0 saturated heterocycles. The van der Waals surface area contributed by atoms with Crippen LogP contribution in [0, 0.1) is 6.92 Å². The van der Waals surface area contributed by atoms with Gasteiger partial charge in [0.05, 0.1) is 20.8 Å². The molecule has 1 heterocycles. The highest BCUT2D eigenvalue weighted by atomic mass is 32.2. The first-order valence-corrected chi connectivity index (χ1v) is 7.45. The number of sulfonamides is 1. The van der Waals surface area contributed by atoms with Gasteiger partial charge in [-0.05, 0) is 19.1 Å². The van der Waals surface area contributed by atoms with Crippen molar-refractivity contribution in [1.82, 2.24) is 14.9 Å². The Morgan fingerprint density at radius 1 is 1.29 bits per heavy atom. The summed E-state index contributed by atoms with van der Waals surface area (Å²) in [5.74, 6) is 1.23. The van der Waals surface area contributed by atoms with Crippen molar-refractivity contribution in [2.75, 3.05) is 14.2 Å². The van der Waals surface area contributed by atoms with E-state index in [1.54, 1.807) is 13.0 Å². The van der Waals surface area contributed by atoms with Crippen LogP contribution in [-0.2, 0) is 16.6 Å². The molecule has 0 amide bonds. The minimum Gasteiger partial charge on any atom is -0.497 e. The molecule has 1 aromatic carbocycles. The molecule has 8 nitrogen and oxygen atoms in total. The highest BCUT2D eigenvalue weighted by molar-refractivity contribution is 7.89. The Bertz CT molecular complexity index is 726. The summed E-state index contributed by atoms with van der Waals surface area (Å²) in [5, 5.41) is 3.59. The second-order valence-electron chi connectivity index (χ2n) is 4.08. The number of nitrogens with zero attached hydrogens (tertiary/aromatic N) is 2. The van der Waals surface area contributed by atoms with Crippen LogP contribution in [0.4, 0.5) is 0 Å². The zero-order valence-corrected chi connectivity index (χ0v) is 12.6. The normalized spacial score (nSPS) is 11.4. The van der Waals surface area contributed by atoms with E-state index in [0.717, 1.165) is 0 Å². The molecule has 9 heteroatoms. The van der Waals surface area contributed by atoms with E-state index in [2.05, 4.69) is 14.9 Å². The molecule has 1 aromatic heterocycles. The summed E-state index contributed by atoms with van der Waals surface area (Å²) < 4.78 is 42.0. The van der Waals surface area contributed by atoms with Crippen molar-refractivity contribution in [2.45, 2.75) is 18.4 Å². The highest BCUT2D eigenvalue weighted by Gasteiger charge is 2.21. The van der Waals surface area contributed by atoms with Gasteiger partial charge in [-0.1, -0.05) is 5.16 Å². The molecule has 0 bridgehead atoms. The fourth-order valence-electron chi connectivity index (χ4n) is 1.64. The van der Waals surface area contributed by atoms with Crippen molar-refractivity contribution >= 4 is 10.0 Å². The molecule has 21 heavy (non-hydrogen) atoms. The van der Waals surface area contributed by atoms with E-state index in [9.17, 15) is 8.42 Å². The predicted molar refractivity (Wildman–Crippen MR) is 72.6 cm³/mol. The second kappa shape index (κ2) is 6.10. The van der Waals surface area contributed by atoms with Crippen LogP contribution in [0.3, 0.4) is 0 Å². The number of hydrogen-bond donors (Lipinski definition) is 1. The van der Waals surface area contributed by atoms with Gasteiger partial charge in [-0.15, -0.1) is 0 Å². The summed E-state index contributed by atoms with van der Waals surface area (Å²) in [6.07, 6.45) is 0. The van der Waals surface area contributed by atoms with Gasteiger partial charge in [-0.2, -0.15) is 4.98 Å². The number of benzene rings is 1. The maximum absolute atomic E-state index is 12.3. The van der Waals surface area contributed by atoms with E-state index in [1.807, 2.05) is 0 Å². The van der Waals surface area contributed by atoms with Crippen LogP contribution >= 0.6 is 0 Å². The summed E-state index contributed by atoms with van der Waals surface area (Å²) in [6.45, 7) is 1.54. The average molecular weight is 313 g/mol. The highest BCUT2D eigenvalue weighted by Crippen LogP contribution is 2.28. The first-order chi connectivity index (χ1) is 9.96. The van der Waals surface area contributed by atoms with E-state index in [1.165, 1.54) is 26.4 Å². The van der Waals surface area contributed by atoms with Crippen LogP contribution in [0.25, 0.3) is 0 Å². The van der Waals surface area contributed by atoms with Gasteiger partial charge < -0.3 is 14.0 Å². The van der Waals surface area contributed by atoms with Crippen molar-refractivity contribution in [3.05, 3.63) is 29.9 Å². The van der Waals surface area contributed by atoms with E-state index in [-0.39, 0.29) is 23.1 Å². The molecule has 0 radical (unpaired) electrons. The summed E-state index contributed by atoms with van der Waals surface area (Å²) >= 11 is 0. The average Bonchev–Trinajstić information content (AvgIpc) is 2.90. The van der Waals surface area contributed by atoms with Gasteiger partial charge in [0.1, 0.15) is 16.4 Å². The number of ether oxygens (including phenoxy) is 2. The van der Waals surface area contributed by atoms with Gasteiger partial charge in [0.25, 0.3) is 0 Å². The number of aryl methyl sites for hydroxylation is 1. The van der Waals surface area contributed by atoms with Crippen LogP contribution < -0.4 is 14.2 Å². The van der Waals surface area contributed by atoms with Crippen molar-refractivity contribution < 1.29 is 22.4 Å². The lowest BCUT2D eigenvalue weighted by atomic mass is 10.3. The molecule has 0 fully saturated rings. The largest absolute Gasteiger partial charge is 0.497 e. The molecule has 0 aliphatic rings. The molecule has 0 spiro atoms. The van der Waals surface area contributed by atoms with Crippen LogP contribution in [0.1, 0.15) is 11.7 Å². The summed E-state index contributed by atoms with van der Waals surface area (Å²) in [6, 6.07) is 4.50. The van der Waals surface area contributed by atoms with Crippen LogP contribution in [0.2, 0.25) is 0 Å². The standard InChI is InChI=1S/C12H15N3O5S/c1-8-14-12(20-15-8)7-13-21(16,17)11-6-9(18-2)4-5-10(11)19-3/h4-6,13H,7H2,1-3H3. The fraction of sp³-hybridized carbons (Fsp3) is 0.333. The van der Waals surface area contributed by atoms with Gasteiger partial charge >= 0.3 is 0 Å². The van der Waals surface area contributed by atoms with Crippen molar-refractivity contribution in [3.8, 4) is 11.5 Å². The van der Waals surface area contributed by atoms with E-state index in [4.69, 9.17) is 14.0 Å². The Morgan fingerprint density at radius 2 is 2.05 bits per heavy atom. The lowest BCUT2D eigenvalue weighted by Gasteiger charge is -2.11. The van der Waals surface area contributed by atoms with Crippen molar-refractivity contribution in [1.29, 1.82) is 0 Å². The summed E-state index contributed by atoms with van der Waals surface area (Å²) in [5.41, 5.74) is 0. The Hall–Kier alpha value is -2.13. The van der Waals surface area contributed by atoms with E-state index >= 15 is 0 Å². The lowest BCUT2D eigenvalue weighted by molar-refractivity contribution is 0.371. The smallest absolute Gasteiger partial charge is 0.244 e. The third-order valence-electron chi connectivity index (χ3n) is 2.64. The molecule has 0 aliphatic heterocycles. The molecule has 114 valence electrons. The molecule has 1 N–H and O–H groups in total. The number of aromatic nitrogens is 2. The summed E-state index contributed by atoms with van der Waals surface area (Å²) in [4.78, 5) is 3.90. The molecule has 0 aliphatic carbocycles. The Kier molecular flexibility index (Phi) is 4.43. The first-order valence-electron chi connectivity index (χ1n) is 5.97. The molecule has 0 atom stereocenters. The summed E-state index contributed by atoms with van der Waals surface area (Å²) in [7, 11) is -0.965. The van der Waals surface area contributed by atoms with Gasteiger partial charge in [-0.25, -0.2) is 13.1 Å². The molecular formula is C12H15N3O5S. The Morgan fingerprint density at radius 3 is 2.62 bits per heavy atom.